The van der Waals surface area contributed by atoms with Crippen LogP contribution in [0.2, 0.25) is 0 Å². The third-order valence-electron chi connectivity index (χ3n) is 7.36. The van der Waals surface area contributed by atoms with E-state index >= 15 is 0 Å². The quantitative estimate of drug-likeness (QED) is 0.213. The standard InChI is InChI=1S/C27H34INO8/c1-5-14(9-15-10-19(28)24(32)21(11-15)36-3)7-8-20(31)22-16(6-2)12-17-23(18(22)13-30)26(34)29(25(17)33)27(35)37-4/h9-11,17-18,20,23,30-32H,5-8,12-13H2,1-4H3/b14-9+/t17-,18+,20-,23-/m1/s1. The van der Waals surface area contributed by atoms with Gasteiger partial charge < -0.3 is 24.8 Å². The molecular formula is C27H34INO8. The molecule has 1 aromatic carbocycles. The van der Waals surface area contributed by atoms with Crippen LogP contribution in [0.25, 0.3) is 6.08 Å². The molecule has 1 aliphatic carbocycles. The number of benzene rings is 1. The predicted molar refractivity (Wildman–Crippen MR) is 145 cm³/mol. The van der Waals surface area contributed by atoms with E-state index in [1.165, 1.54) is 7.11 Å². The van der Waals surface area contributed by atoms with E-state index in [2.05, 4.69) is 4.74 Å². The van der Waals surface area contributed by atoms with Gasteiger partial charge in [0.2, 0.25) is 11.8 Å². The van der Waals surface area contributed by atoms with Gasteiger partial charge in [0, 0.05) is 5.92 Å². The van der Waals surface area contributed by atoms with E-state index in [1.54, 1.807) is 6.07 Å². The SMILES string of the molecule is CCC1=C([C@H](O)CC/C(=C/c2cc(I)c(O)c(OC)c2)CC)[C@H](CO)[C@@H]2C(=O)N(C(=O)OC)C(=O)[C@@H]2C1. The van der Waals surface area contributed by atoms with Gasteiger partial charge in [-0.3, -0.25) is 9.59 Å². The van der Waals surface area contributed by atoms with Crippen LogP contribution in [0, 0.1) is 21.3 Å². The highest BCUT2D eigenvalue weighted by Gasteiger charge is 2.56. The summed E-state index contributed by atoms with van der Waals surface area (Å²) in [5.74, 6) is -3.26. The fourth-order valence-corrected chi connectivity index (χ4v) is 6.09. The van der Waals surface area contributed by atoms with Gasteiger partial charge in [0.1, 0.15) is 0 Å². The van der Waals surface area contributed by atoms with Crippen molar-refractivity contribution in [2.24, 2.45) is 17.8 Å². The van der Waals surface area contributed by atoms with E-state index in [1.807, 2.05) is 48.6 Å². The molecule has 0 radical (unpaired) electrons. The Morgan fingerprint density at radius 2 is 1.95 bits per heavy atom. The summed E-state index contributed by atoms with van der Waals surface area (Å²) >= 11 is 2.04. The van der Waals surface area contributed by atoms with Crippen LogP contribution in [0.3, 0.4) is 0 Å². The minimum Gasteiger partial charge on any atom is -0.504 e. The van der Waals surface area contributed by atoms with Crippen LogP contribution >= 0.6 is 22.6 Å². The molecule has 1 fully saturated rings. The number of nitrogens with zero attached hydrogens (tertiary/aromatic N) is 1. The molecule has 3 rings (SSSR count). The summed E-state index contributed by atoms with van der Waals surface area (Å²) in [6.45, 7) is 3.50. The number of methoxy groups -OCH3 is 2. The van der Waals surface area contributed by atoms with E-state index in [9.17, 15) is 29.7 Å². The average Bonchev–Trinajstić information content (AvgIpc) is 3.15. The summed E-state index contributed by atoms with van der Waals surface area (Å²) in [5, 5.41) is 31.7. The number of carbonyl (C=O) groups is 3. The van der Waals surface area contributed by atoms with E-state index in [0.29, 0.717) is 39.1 Å². The van der Waals surface area contributed by atoms with Crippen molar-refractivity contribution in [3.8, 4) is 11.5 Å². The lowest BCUT2D eigenvalue weighted by Crippen LogP contribution is -2.40. The first-order valence-corrected chi connectivity index (χ1v) is 13.4. The number of allylic oxidation sites excluding steroid dienone is 2. The molecule has 0 spiro atoms. The molecule has 3 N–H and O–H groups in total. The number of carbonyl (C=O) groups excluding carboxylic acids is 3. The number of rotatable bonds is 9. The van der Waals surface area contributed by atoms with Crippen molar-refractivity contribution >= 4 is 46.6 Å². The summed E-state index contributed by atoms with van der Waals surface area (Å²) < 4.78 is 10.5. The monoisotopic (exact) mass is 627 g/mol. The highest BCUT2D eigenvalue weighted by atomic mass is 127. The van der Waals surface area contributed by atoms with Crippen molar-refractivity contribution in [2.45, 2.75) is 52.1 Å². The molecule has 202 valence electrons. The average molecular weight is 627 g/mol. The normalized spacial score (nSPS) is 22.8. The molecule has 4 atom stereocenters. The van der Waals surface area contributed by atoms with E-state index in [-0.39, 0.29) is 12.2 Å². The Morgan fingerprint density at radius 3 is 2.51 bits per heavy atom. The van der Waals surface area contributed by atoms with Gasteiger partial charge in [-0.2, -0.15) is 4.90 Å². The first kappa shape index (κ1) is 29.1. The van der Waals surface area contributed by atoms with Crippen molar-refractivity contribution in [3.05, 3.63) is 38.0 Å². The molecule has 0 bridgehead atoms. The number of phenolic OH excluding ortho intramolecular Hbond substituents is 1. The molecule has 2 aliphatic rings. The van der Waals surface area contributed by atoms with Gasteiger partial charge in [-0.15, -0.1) is 0 Å². The number of fused-ring (bicyclic) bond motifs is 1. The molecule has 3 amide bonds. The first-order chi connectivity index (χ1) is 17.6. The van der Waals surface area contributed by atoms with Gasteiger partial charge in [0.15, 0.2) is 11.5 Å². The number of amides is 3. The number of ether oxygens (including phenoxy) is 2. The van der Waals surface area contributed by atoms with Crippen LogP contribution in [0.4, 0.5) is 4.79 Å². The molecule has 0 unspecified atom stereocenters. The fourth-order valence-electron chi connectivity index (χ4n) is 5.47. The van der Waals surface area contributed by atoms with Gasteiger partial charge in [-0.1, -0.05) is 31.1 Å². The zero-order valence-electron chi connectivity index (χ0n) is 21.5. The van der Waals surface area contributed by atoms with Gasteiger partial charge in [-0.25, -0.2) is 4.79 Å². The van der Waals surface area contributed by atoms with Gasteiger partial charge >= 0.3 is 6.09 Å². The highest BCUT2D eigenvalue weighted by Crippen LogP contribution is 2.47. The minimum atomic E-state index is -1.03. The van der Waals surface area contributed by atoms with Crippen LogP contribution in [0.1, 0.15) is 51.5 Å². The summed E-state index contributed by atoms with van der Waals surface area (Å²) in [7, 11) is 2.60. The Labute approximate surface area is 230 Å². The van der Waals surface area contributed by atoms with E-state index in [0.717, 1.165) is 30.2 Å². The van der Waals surface area contributed by atoms with Crippen molar-refractivity contribution in [3.63, 3.8) is 0 Å². The summed E-state index contributed by atoms with van der Waals surface area (Å²) in [4.78, 5) is 38.5. The number of aromatic hydroxyl groups is 1. The third kappa shape index (κ3) is 5.70. The second-order valence-corrected chi connectivity index (χ2v) is 10.4. The Balaban J connectivity index is 1.85. The van der Waals surface area contributed by atoms with Crippen LogP contribution in [-0.2, 0) is 14.3 Å². The van der Waals surface area contributed by atoms with Gasteiger partial charge in [0.25, 0.3) is 0 Å². The van der Waals surface area contributed by atoms with E-state index in [4.69, 9.17) is 4.74 Å². The smallest absolute Gasteiger partial charge is 0.423 e. The largest absolute Gasteiger partial charge is 0.504 e. The maximum Gasteiger partial charge on any atom is 0.423 e. The van der Waals surface area contributed by atoms with Crippen LogP contribution in [0.15, 0.2) is 28.9 Å². The van der Waals surface area contributed by atoms with Crippen LogP contribution < -0.4 is 4.74 Å². The van der Waals surface area contributed by atoms with Crippen molar-refractivity contribution in [1.82, 2.24) is 4.90 Å². The number of halogens is 1. The second-order valence-electron chi connectivity index (χ2n) is 9.28. The Kier molecular flexibility index (Phi) is 9.76. The molecule has 10 heteroatoms. The maximum atomic E-state index is 13.1. The molecule has 1 aliphatic heterocycles. The Morgan fingerprint density at radius 1 is 1.24 bits per heavy atom. The number of aliphatic hydroxyl groups is 2. The molecular weight excluding hydrogens is 593 g/mol. The molecule has 37 heavy (non-hydrogen) atoms. The molecule has 9 nitrogen and oxygen atoms in total. The maximum absolute atomic E-state index is 13.1. The highest BCUT2D eigenvalue weighted by molar-refractivity contribution is 14.1. The lowest BCUT2D eigenvalue weighted by molar-refractivity contribution is -0.137. The zero-order valence-corrected chi connectivity index (χ0v) is 23.6. The number of imide groups is 3. The summed E-state index contributed by atoms with van der Waals surface area (Å²) in [6, 6.07) is 3.60. The van der Waals surface area contributed by atoms with Crippen molar-refractivity contribution in [2.75, 3.05) is 20.8 Å². The second kappa shape index (κ2) is 12.4. The lowest BCUT2D eigenvalue weighted by atomic mass is 9.67. The summed E-state index contributed by atoms with van der Waals surface area (Å²) in [5.41, 5.74) is 3.36. The van der Waals surface area contributed by atoms with Gasteiger partial charge in [0.05, 0.1) is 42.3 Å². The Bertz CT molecular complexity index is 1130. The molecule has 1 aromatic rings. The predicted octanol–water partition coefficient (Wildman–Crippen LogP) is 4.03. The fraction of sp³-hybridized carbons (Fsp3) is 0.519. The third-order valence-corrected chi connectivity index (χ3v) is 8.18. The summed E-state index contributed by atoms with van der Waals surface area (Å²) in [6.07, 6.45) is 2.51. The Hall–Kier alpha value is -2.44. The number of likely N-dealkylation sites (tertiary alicyclic amines) is 1. The van der Waals surface area contributed by atoms with Crippen LogP contribution in [-0.4, -0.2) is 65.1 Å². The molecule has 0 aromatic heterocycles. The zero-order chi connectivity index (χ0) is 27.4. The van der Waals surface area contributed by atoms with E-state index < -0.39 is 48.4 Å². The minimum absolute atomic E-state index is 0.0871. The topological polar surface area (TPSA) is 134 Å². The van der Waals surface area contributed by atoms with Crippen LogP contribution in [0.5, 0.6) is 11.5 Å². The first-order valence-electron chi connectivity index (χ1n) is 12.4. The lowest BCUT2D eigenvalue weighted by Gasteiger charge is -2.36. The van der Waals surface area contributed by atoms with Gasteiger partial charge in [-0.05, 0) is 78.0 Å². The number of hydrogen-bond acceptors (Lipinski definition) is 8. The molecule has 1 heterocycles. The van der Waals surface area contributed by atoms with Crippen molar-refractivity contribution < 1.29 is 39.2 Å². The molecule has 1 saturated heterocycles. The van der Waals surface area contributed by atoms with Crippen molar-refractivity contribution in [1.29, 1.82) is 0 Å². The number of hydrogen-bond donors (Lipinski definition) is 3. The number of phenols is 1. The number of aliphatic hydroxyl groups excluding tert-OH is 2. The molecule has 0 saturated carbocycles.